The molecule has 1 aliphatic heterocycles. The van der Waals surface area contributed by atoms with Crippen LogP contribution in [0.2, 0.25) is 0 Å². The molecule has 0 unspecified atom stereocenters. The van der Waals surface area contributed by atoms with E-state index in [0.717, 1.165) is 25.9 Å². The molecule has 1 fully saturated rings. The van der Waals surface area contributed by atoms with Crippen LogP contribution in [0.15, 0.2) is 23.1 Å². The minimum Gasteiger partial charge on any atom is -0.497 e. The molecular weight excluding hydrogens is 324 g/mol. The molecule has 0 bridgehead atoms. The van der Waals surface area contributed by atoms with Gasteiger partial charge in [0.1, 0.15) is 5.75 Å². The number of hydrogen-bond donors (Lipinski definition) is 2. The van der Waals surface area contributed by atoms with Crippen molar-refractivity contribution in [1.29, 1.82) is 0 Å². The third-order valence-electron chi connectivity index (χ3n) is 4.17. The molecule has 0 atom stereocenters. The zero-order valence-electron chi connectivity index (χ0n) is 13.3. The quantitative estimate of drug-likeness (QED) is 0.855. The summed E-state index contributed by atoms with van der Waals surface area (Å²) >= 11 is 0. The van der Waals surface area contributed by atoms with Crippen LogP contribution in [0.4, 0.5) is 0 Å². The maximum Gasteiger partial charge on any atom is 0.240 e. The Hall–Kier alpha value is -0.820. The Morgan fingerprint density at radius 2 is 1.95 bits per heavy atom. The fourth-order valence-electron chi connectivity index (χ4n) is 2.60. The highest BCUT2D eigenvalue weighted by molar-refractivity contribution is 7.89. The zero-order valence-corrected chi connectivity index (χ0v) is 14.9. The number of ether oxygens (including phenoxy) is 1. The number of methoxy groups -OCH3 is 1. The molecule has 7 heteroatoms. The van der Waals surface area contributed by atoms with E-state index in [-0.39, 0.29) is 17.8 Å². The van der Waals surface area contributed by atoms with Crippen LogP contribution in [0.25, 0.3) is 0 Å². The highest BCUT2D eigenvalue weighted by Gasteiger charge is 2.29. The largest absolute Gasteiger partial charge is 0.497 e. The van der Waals surface area contributed by atoms with Crippen molar-refractivity contribution in [1.82, 2.24) is 10.0 Å². The van der Waals surface area contributed by atoms with Gasteiger partial charge in [-0.1, -0.05) is 6.92 Å². The lowest BCUT2D eigenvalue weighted by Crippen LogP contribution is -2.42. The first-order valence-electron chi connectivity index (χ1n) is 7.21. The van der Waals surface area contributed by atoms with Crippen molar-refractivity contribution in [2.24, 2.45) is 5.41 Å². The minimum absolute atomic E-state index is 0. The van der Waals surface area contributed by atoms with Gasteiger partial charge in [-0.3, -0.25) is 0 Å². The molecule has 22 heavy (non-hydrogen) atoms. The van der Waals surface area contributed by atoms with E-state index in [4.69, 9.17) is 4.74 Å². The van der Waals surface area contributed by atoms with Gasteiger partial charge in [-0.25, -0.2) is 13.1 Å². The molecule has 5 nitrogen and oxygen atoms in total. The summed E-state index contributed by atoms with van der Waals surface area (Å²) in [5.74, 6) is 0.664. The Balaban J connectivity index is 0.00000242. The summed E-state index contributed by atoms with van der Waals surface area (Å²) in [5, 5.41) is 3.30. The lowest BCUT2D eigenvalue weighted by Gasteiger charge is -2.34. The summed E-state index contributed by atoms with van der Waals surface area (Å²) in [7, 11) is -1.91. The molecule has 0 spiro atoms. The summed E-state index contributed by atoms with van der Waals surface area (Å²) in [6, 6.07) is 5.01. The highest BCUT2D eigenvalue weighted by atomic mass is 35.5. The van der Waals surface area contributed by atoms with Crippen molar-refractivity contribution in [3.63, 3.8) is 0 Å². The van der Waals surface area contributed by atoms with Gasteiger partial charge in [0.2, 0.25) is 10.0 Å². The average molecular weight is 349 g/mol. The molecule has 1 saturated heterocycles. The molecule has 2 rings (SSSR count). The second-order valence-electron chi connectivity index (χ2n) is 6.02. The summed E-state index contributed by atoms with van der Waals surface area (Å²) in [6.45, 7) is 6.28. The molecule has 1 aromatic carbocycles. The van der Waals surface area contributed by atoms with Crippen molar-refractivity contribution in [3.8, 4) is 5.75 Å². The number of benzene rings is 1. The van der Waals surface area contributed by atoms with Gasteiger partial charge in [-0.05, 0) is 62.0 Å². The molecule has 0 aliphatic carbocycles. The summed E-state index contributed by atoms with van der Waals surface area (Å²) < 4.78 is 32.8. The predicted molar refractivity (Wildman–Crippen MR) is 90.4 cm³/mol. The summed E-state index contributed by atoms with van der Waals surface area (Å²) in [5.41, 5.74) is 0.718. The van der Waals surface area contributed by atoms with Crippen LogP contribution in [0, 0.1) is 12.3 Å². The van der Waals surface area contributed by atoms with Crippen LogP contribution in [-0.4, -0.2) is 35.2 Å². The summed E-state index contributed by atoms with van der Waals surface area (Å²) in [4.78, 5) is 0.320. The first-order chi connectivity index (χ1) is 9.86. The van der Waals surface area contributed by atoms with Crippen LogP contribution in [0.5, 0.6) is 5.75 Å². The third kappa shape index (κ3) is 4.59. The number of sulfonamides is 1. The number of halogens is 1. The van der Waals surface area contributed by atoms with E-state index in [1.165, 1.54) is 0 Å². The molecule has 1 aliphatic rings. The Morgan fingerprint density at radius 3 is 2.50 bits per heavy atom. The molecule has 2 N–H and O–H groups in total. The lowest BCUT2D eigenvalue weighted by atomic mass is 9.81. The van der Waals surface area contributed by atoms with Crippen LogP contribution >= 0.6 is 12.4 Å². The van der Waals surface area contributed by atoms with Gasteiger partial charge in [-0.15, -0.1) is 12.4 Å². The topological polar surface area (TPSA) is 67.4 Å². The van der Waals surface area contributed by atoms with E-state index >= 15 is 0 Å². The van der Waals surface area contributed by atoms with Gasteiger partial charge in [0.25, 0.3) is 0 Å². The number of aryl methyl sites for hydroxylation is 1. The van der Waals surface area contributed by atoms with Crippen molar-refractivity contribution < 1.29 is 13.2 Å². The number of hydrogen-bond acceptors (Lipinski definition) is 4. The Bertz CT molecular complexity index is 599. The fourth-order valence-corrected chi connectivity index (χ4v) is 4.03. The molecule has 0 radical (unpaired) electrons. The Morgan fingerprint density at radius 1 is 1.32 bits per heavy atom. The van der Waals surface area contributed by atoms with Crippen LogP contribution in [0.3, 0.4) is 0 Å². The van der Waals surface area contributed by atoms with Crippen LogP contribution in [-0.2, 0) is 10.0 Å². The maximum atomic E-state index is 12.5. The Labute approximate surface area is 139 Å². The maximum absolute atomic E-state index is 12.5. The smallest absolute Gasteiger partial charge is 0.240 e. The van der Waals surface area contributed by atoms with Crippen molar-refractivity contribution in [2.75, 3.05) is 26.7 Å². The van der Waals surface area contributed by atoms with Crippen LogP contribution in [0.1, 0.15) is 25.3 Å². The van der Waals surface area contributed by atoms with Crippen molar-refractivity contribution in [2.45, 2.75) is 31.6 Å². The van der Waals surface area contributed by atoms with E-state index in [1.54, 1.807) is 32.2 Å². The number of nitrogens with one attached hydrogen (secondary N) is 2. The molecule has 1 heterocycles. The zero-order chi connectivity index (χ0) is 15.5. The fraction of sp³-hybridized carbons (Fsp3) is 0.600. The van der Waals surface area contributed by atoms with Gasteiger partial charge < -0.3 is 10.1 Å². The van der Waals surface area contributed by atoms with Crippen molar-refractivity contribution >= 4 is 22.4 Å². The van der Waals surface area contributed by atoms with E-state index in [9.17, 15) is 8.42 Å². The van der Waals surface area contributed by atoms with E-state index in [2.05, 4.69) is 17.0 Å². The van der Waals surface area contributed by atoms with Gasteiger partial charge in [-0.2, -0.15) is 0 Å². The van der Waals surface area contributed by atoms with E-state index in [1.807, 2.05) is 0 Å². The average Bonchev–Trinajstić information content (AvgIpc) is 2.46. The third-order valence-corrected chi connectivity index (χ3v) is 5.73. The molecule has 0 aromatic heterocycles. The van der Waals surface area contributed by atoms with Gasteiger partial charge in [0.15, 0.2) is 0 Å². The number of rotatable bonds is 5. The minimum atomic E-state index is -3.48. The first-order valence-corrected chi connectivity index (χ1v) is 8.70. The highest BCUT2D eigenvalue weighted by Crippen LogP contribution is 2.28. The van der Waals surface area contributed by atoms with Crippen LogP contribution < -0.4 is 14.8 Å². The van der Waals surface area contributed by atoms with Gasteiger partial charge in [0.05, 0.1) is 12.0 Å². The second kappa shape index (κ2) is 7.64. The van der Waals surface area contributed by atoms with Gasteiger partial charge >= 0.3 is 0 Å². The van der Waals surface area contributed by atoms with Crippen molar-refractivity contribution in [3.05, 3.63) is 23.8 Å². The van der Waals surface area contributed by atoms with E-state index < -0.39 is 10.0 Å². The lowest BCUT2D eigenvalue weighted by molar-refractivity contribution is 0.232. The molecule has 0 saturated carbocycles. The molecular formula is C15H25ClN2O3S. The molecule has 1 aromatic rings. The molecule has 0 amide bonds. The van der Waals surface area contributed by atoms with Gasteiger partial charge in [0, 0.05) is 6.54 Å². The molecule has 126 valence electrons. The standard InChI is InChI=1S/C15H24N2O3S.ClH/c1-12-10-13(20-3)4-5-14(12)21(18,19)17-11-15(2)6-8-16-9-7-15;/h4-5,10,16-17H,6-9,11H2,1-3H3;1H. The first kappa shape index (κ1) is 19.2. The number of piperidine rings is 1. The van der Waals surface area contributed by atoms with E-state index in [0.29, 0.717) is 22.8 Å². The monoisotopic (exact) mass is 348 g/mol. The normalized spacial score (nSPS) is 17.6. The SMILES string of the molecule is COc1ccc(S(=O)(=O)NCC2(C)CCNCC2)c(C)c1.Cl. The Kier molecular flexibility index (Phi) is 6.67. The summed E-state index contributed by atoms with van der Waals surface area (Å²) in [6.07, 6.45) is 1.97. The predicted octanol–water partition coefficient (Wildman–Crippen LogP) is 2.09. The second-order valence-corrected chi connectivity index (χ2v) is 7.75.